The lowest BCUT2D eigenvalue weighted by atomic mass is 9.69. The van der Waals surface area contributed by atoms with Crippen molar-refractivity contribution in [1.29, 1.82) is 0 Å². The number of nitrogens with zero attached hydrogens (tertiary/aromatic N) is 1. The van der Waals surface area contributed by atoms with Crippen LogP contribution in [0.1, 0.15) is 84.9 Å². The molecule has 2 saturated carbocycles. The fourth-order valence-corrected chi connectivity index (χ4v) is 5.55. The Bertz CT molecular complexity index is 793. The van der Waals surface area contributed by atoms with E-state index in [0.717, 1.165) is 38.5 Å². The number of benzene rings is 2. The van der Waals surface area contributed by atoms with Crippen LogP contribution in [0.5, 0.6) is 0 Å². The summed E-state index contributed by atoms with van der Waals surface area (Å²) in [6, 6.07) is 18.9. The maximum Gasteiger partial charge on any atom is 0.184 e. The van der Waals surface area contributed by atoms with E-state index in [2.05, 4.69) is 0 Å². The van der Waals surface area contributed by atoms with E-state index in [1.54, 1.807) is 5.01 Å². The Balaban J connectivity index is 1.78. The predicted octanol–water partition coefficient (Wildman–Crippen LogP) is 5.33. The predicted molar refractivity (Wildman–Crippen MR) is 119 cm³/mol. The van der Waals surface area contributed by atoms with Gasteiger partial charge in [-0.1, -0.05) is 99.2 Å². The van der Waals surface area contributed by atoms with Crippen molar-refractivity contribution in [3.63, 3.8) is 0 Å². The number of hydrogen-bond acceptors (Lipinski definition) is 4. The minimum Gasteiger partial charge on any atom is -0.292 e. The van der Waals surface area contributed by atoms with Crippen molar-refractivity contribution in [3.8, 4) is 0 Å². The first-order chi connectivity index (χ1) is 14.6. The number of hydrogen-bond donors (Lipinski definition) is 1. The summed E-state index contributed by atoms with van der Waals surface area (Å²) < 4.78 is 0. The van der Waals surface area contributed by atoms with Crippen molar-refractivity contribution < 1.29 is 9.59 Å². The molecule has 4 rings (SSSR count). The molecule has 0 radical (unpaired) electrons. The van der Waals surface area contributed by atoms with Gasteiger partial charge in [-0.05, 0) is 25.7 Å². The molecule has 0 bridgehead atoms. The van der Waals surface area contributed by atoms with Gasteiger partial charge in [0.2, 0.25) is 0 Å². The molecule has 30 heavy (non-hydrogen) atoms. The molecule has 4 nitrogen and oxygen atoms in total. The van der Waals surface area contributed by atoms with Gasteiger partial charge in [0.15, 0.2) is 11.6 Å². The molecule has 4 heteroatoms. The van der Waals surface area contributed by atoms with E-state index < -0.39 is 11.1 Å². The molecular weight excluding hydrogens is 372 g/mol. The van der Waals surface area contributed by atoms with Crippen molar-refractivity contribution in [2.75, 3.05) is 0 Å². The standard InChI is InChI=1S/C26H32N2O2/c27-28(25(17-9-3-10-18-25)23(29)21-13-5-1-6-14-21)26(19-11-4-12-20-26)24(30)22-15-7-2-8-16-22/h1-2,5-8,13-16H,3-4,9-12,17-20,27H2. The molecule has 2 aliphatic rings. The number of ketones is 2. The number of rotatable bonds is 6. The number of Topliss-reactive ketones (excluding diaryl/α,β-unsaturated/α-hetero) is 2. The van der Waals surface area contributed by atoms with E-state index >= 15 is 0 Å². The zero-order valence-electron chi connectivity index (χ0n) is 17.7. The van der Waals surface area contributed by atoms with E-state index in [-0.39, 0.29) is 11.6 Å². The van der Waals surface area contributed by atoms with Crippen molar-refractivity contribution in [2.45, 2.75) is 75.3 Å². The third kappa shape index (κ3) is 3.63. The third-order valence-corrected chi connectivity index (χ3v) is 7.20. The van der Waals surface area contributed by atoms with Crippen LogP contribution in [0, 0.1) is 0 Å². The molecule has 0 spiro atoms. The van der Waals surface area contributed by atoms with Gasteiger partial charge in [-0.15, -0.1) is 0 Å². The molecular formula is C26H32N2O2. The monoisotopic (exact) mass is 404 g/mol. The highest BCUT2D eigenvalue weighted by Gasteiger charge is 2.55. The Morgan fingerprint density at radius 2 is 0.933 bits per heavy atom. The summed E-state index contributed by atoms with van der Waals surface area (Å²) in [5.41, 5.74) is -0.260. The Morgan fingerprint density at radius 1 is 0.600 bits per heavy atom. The van der Waals surface area contributed by atoms with Gasteiger partial charge in [-0.25, -0.2) is 5.01 Å². The Labute approximate surface area is 179 Å². The maximum absolute atomic E-state index is 13.9. The SMILES string of the molecule is NN(C1(C(=O)c2ccccc2)CCCCC1)C1(C(=O)c2ccccc2)CCCCC1. The van der Waals surface area contributed by atoms with Gasteiger partial charge in [0.25, 0.3) is 0 Å². The Kier molecular flexibility index (Phi) is 6.16. The van der Waals surface area contributed by atoms with Gasteiger partial charge < -0.3 is 0 Å². The lowest BCUT2D eigenvalue weighted by Crippen LogP contribution is -2.71. The molecule has 2 aromatic carbocycles. The van der Waals surface area contributed by atoms with Crippen LogP contribution < -0.4 is 5.84 Å². The highest BCUT2D eigenvalue weighted by molar-refractivity contribution is 6.06. The topological polar surface area (TPSA) is 63.4 Å². The van der Waals surface area contributed by atoms with Gasteiger partial charge in [0.1, 0.15) is 0 Å². The van der Waals surface area contributed by atoms with Crippen LogP contribution in [0.15, 0.2) is 60.7 Å². The van der Waals surface area contributed by atoms with E-state index in [0.29, 0.717) is 36.8 Å². The molecule has 0 aromatic heterocycles. The molecule has 2 fully saturated rings. The van der Waals surface area contributed by atoms with Crippen LogP contribution >= 0.6 is 0 Å². The third-order valence-electron chi connectivity index (χ3n) is 7.20. The normalized spacial score (nSPS) is 20.6. The van der Waals surface area contributed by atoms with Crippen LogP contribution in [0.3, 0.4) is 0 Å². The minimum absolute atomic E-state index is 0.0658. The fraction of sp³-hybridized carbons (Fsp3) is 0.462. The molecule has 2 aliphatic carbocycles. The molecule has 0 saturated heterocycles. The quantitative estimate of drug-likeness (QED) is 0.401. The number of carbonyl (C=O) groups excluding carboxylic acids is 2. The smallest absolute Gasteiger partial charge is 0.184 e. The first-order valence-electron chi connectivity index (χ1n) is 11.3. The summed E-state index contributed by atoms with van der Waals surface area (Å²) in [6.45, 7) is 0. The number of hydrazine groups is 1. The van der Waals surface area contributed by atoms with Crippen LogP contribution in [-0.2, 0) is 0 Å². The first kappa shape index (κ1) is 21.0. The molecule has 0 atom stereocenters. The summed E-state index contributed by atoms with van der Waals surface area (Å²) >= 11 is 0. The minimum atomic E-state index is -0.818. The summed E-state index contributed by atoms with van der Waals surface area (Å²) in [7, 11) is 0. The van der Waals surface area contributed by atoms with Crippen LogP contribution in [-0.4, -0.2) is 27.7 Å². The van der Waals surface area contributed by atoms with Gasteiger partial charge in [0, 0.05) is 11.1 Å². The lowest BCUT2D eigenvalue weighted by molar-refractivity contribution is -0.0343. The summed E-state index contributed by atoms with van der Waals surface area (Å²) in [5.74, 6) is 7.09. The van der Waals surface area contributed by atoms with Gasteiger partial charge in [0.05, 0.1) is 11.1 Å². The highest BCUT2D eigenvalue weighted by Crippen LogP contribution is 2.44. The molecule has 2 aromatic rings. The zero-order chi connectivity index (χ0) is 21.0. The number of carbonyl (C=O) groups is 2. The van der Waals surface area contributed by atoms with Crippen molar-refractivity contribution in [3.05, 3.63) is 71.8 Å². The molecule has 0 amide bonds. The van der Waals surface area contributed by atoms with Gasteiger partial charge in [-0.3, -0.25) is 15.4 Å². The summed E-state index contributed by atoms with van der Waals surface area (Å²) in [6.07, 6.45) is 8.90. The van der Waals surface area contributed by atoms with E-state index in [1.165, 1.54) is 0 Å². The number of nitrogens with two attached hydrogens (primary N) is 1. The summed E-state index contributed by atoms with van der Waals surface area (Å²) in [5, 5.41) is 1.75. The van der Waals surface area contributed by atoms with E-state index in [9.17, 15) is 9.59 Å². The van der Waals surface area contributed by atoms with Crippen LogP contribution in [0.4, 0.5) is 0 Å². The molecule has 158 valence electrons. The largest absolute Gasteiger partial charge is 0.292 e. The van der Waals surface area contributed by atoms with Crippen LogP contribution in [0.2, 0.25) is 0 Å². The Hall–Kier alpha value is -2.30. The zero-order valence-corrected chi connectivity index (χ0v) is 17.7. The molecule has 0 heterocycles. The van der Waals surface area contributed by atoms with Gasteiger partial charge in [-0.2, -0.15) is 0 Å². The fourth-order valence-electron chi connectivity index (χ4n) is 5.55. The van der Waals surface area contributed by atoms with Crippen molar-refractivity contribution in [1.82, 2.24) is 5.01 Å². The van der Waals surface area contributed by atoms with E-state index in [4.69, 9.17) is 5.84 Å². The Morgan fingerprint density at radius 3 is 1.27 bits per heavy atom. The van der Waals surface area contributed by atoms with Crippen LogP contribution in [0.25, 0.3) is 0 Å². The average molecular weight is 405 g/mol. The summed E-state index contributed by atoms with van der Waals surface area (Å²) in [4.78, 5) is 27.7. The molecule has 2 N–H and O–H groups in total. The first-order valence-corrected chi connectivity index (χ1v) is 11.3. The second kappa shape index (κ2) is 8.83. The second-order valence-corrected chi connectivity index (χ2v) is 8.94. The average Bonchev–Trinajstić information content (AvgIpc) is 2.84. The van der Waals surface area contributed by atoms with E-state index in [1.807, 2.05) is 60.7 Å². The molecule has 0 unspecified atom stereocenters. The highest BCUT2D eigenvalue weighted by atomic mass is 16.1. The lowest BCUT2D eigenvalue weighted by Gasteiger charge is -2.53. The maximum atomic E-state index is 13.9. The van der Waals surface area contributed by atoms with Crippen molar-refractivity contribution in [2.24, 2.45) is 5.84 Å². The molecule has 0 aliphatic heterocycles. The second-order valence-electron chi connectivity index (χ2n) is 8.94. The van der Waals surface area contributed by atoms with Crippen molar-refractivity contribution >= 4 is 11.6 Å². The van der Waals surface area contributed by atoms with Gasteiger partial charge >= 0.3 is 0 Å².